The zero-order chi connectivity index (χ0) is 70.4. The first-order chi connectivity index (χ1) is 46.7. The van der Waals surface area contributed by atoms with Gasteiger partial charge < -0.3 is 33.8 Å². The van der Waals surface area contributed by atoms with E-state index in [1.807, 2.05) is 0 Å². The number of rotatable bonds is 75. The third kappa shape index (κ3) is 69.7. The molecule has 96 heavy (non-hydrogen) atoms. The van der Waals surface area contributed by atoms with Gasteiger partial charge in [-0.2, -0.15) is 0 Å². The van der Waals surface area contributed by atoms with Crippen molar-refractivity contribution in [2.75, 3.05) is 39.6 Å². The summed E-state index contributed by atoms with van der Waals surface area (Å²) >= 11 is 0. The average molecular weight is 1400 g/mol. The number of phosphoric ester groups is 2. The lowest BCUT2D eigenvalue weighted by molar-refractivity contribution is -0.161. The van der Waals surface area contributed by atoms with E-state index < -0.39 is 97.5 Å². The lowest BCUT2D eigenvalue weighted by atomic mass is 10.0. The van der Waals surface area contributed by atoms with E-state index in [-0.39, 0.29) is 25.7 Å². The van der Waals surface area contributed by atoms with Crippen LogP contribution in [0.3, 0.4) is 0 Å². The van der Waals surface area contributed by atoms with Crippen LogP contribution in [0.25, 0.3) is 0 Å². The van der Waals surface area contributed by atoms with Crippen LogP contribution >= 0.6 is 15.6 Å². The lowest BCUT2D eigenvalue weighted by Gasteiger charge is -2.21. The van der Waals surface area contributed by atoms with Crippen molar-refractivity contribution in [3.63, 3.8) is 0 Å². The van der Waals surface area contributed by atoms with Gasteiger partial charge in [-0.05, 0) is 83.5 Å². The highest BCUT2D eigenvalue weighted by molar-refractivity contribution is 7.47. The summed E-state index contributed by atoms with van der Waals surface area (Å²) in [5.74, 6) is -2.16. The predicted molar refractivity (Wildman–Crippen MR) is 391 cm³/mol. The number of ether oxygens (including phenoxy) is 4. The van der Waals surface area contributed by atoms with E-state index in [4.69, 9.17) is 37.0 Å². The third-order valence-electron chi connectivity index (χ3n) is 17.1. The van der Waals surface area contributed by atoms with Gasteiger partial charge in [-0.25, -0.2) is 9.13 Å². The van der Waals surface area contributed by atoms with Gasteiger partial charge in [0.2, 0.25) is 0 Å². The standard InChI is InChI=1S/C77H144O17P2/c1-5-9-13-17-21-25-29-33-35-39-42-46-50-54-58-62-75(80)88-68-73(94-77(82)64-60-56-52-48-44-40-36-34-30-26-22-18-14-10-6-2)70-92-96(85,86)90-66-71(78)65-89-95(83,84)91-69-72(93-76(81)63-59-55-51-47-43-38-32-28-24-20-16-12-8-4)67-87-74(79)61-57-53-49-45-41-37-31-27-23-19-15-11-7-3/h21,25,33-36,71-73,78H,5-20,22-24,26-32,37-70H2,1-4H3,(H,83,84)(H,85,86)/b25-21-,35-33-,36-34-/t71-,72+,73+/m0/s1. The van der Waals surface area contributed by atoms with E-state index in [0.717, 1.165) is 128 Å². The summed E-state index contributed by atoms with van der Waals surface area (Å²) in [6.45, 7) is 4.90. The molecule has 0 radical (unpaired) electrons. The molecule has 0 heterocycles. The SMILES string of the molecule is CCCCC/C=C\C/C=C\CCCCCCCC(=O)OC[C@H](COP(=O)(O)OC[C@@H](O)COP(=O)(O)OC[C@@H](COC(=O)CCCCCCCCCCCCCCC)OC(=O)CCCCCCCCCCCCCCC)OC(=O)CCCCCCC/C=C\CCCCCCCC. The molecule has 17 nitrogen and oxygen atoms in total. The molecule has 2 unspecified atom stereocenters. The van der Waals surface area contributed by atoms with Crippen LogP contribution in [0.4, 0.5) is 0 Å². The molecule has 3 N–H and O–H groups in total. The fraction of sp³-hybridized carbons (Fsp3) is 0.870. The summed E-state index contributed by atoms with van der Waals surface area (Å²) in [5, 5.41) is 10.6. The highest BCUT2D eigenvalue weighted by atomic mass is 31.2. The topological polar surface area (TPSA) is 237 Å². The molecule has 0 spiro atoms. The summed E-state index contributed by atoms with van der Waals surface area (Å²) in [7, 11) is -9.93. The van der Waals surface area contributed by atoms with E-state index >= 15 is 0 Å². The first kappa shape index (κ1) is 93.3. The minimum atomic E-state index is -4.97. The Hall–Kier alpha value is -2.72. The smallest absolute Gasteiger partial charge is 0.462 e. The fourth-order valence-electron chi connectivity index (χ4n) is 11.1. The second-order valence-corrected chi connectivity index (χ2v) is 29.6. The highest BCUT2D eigenvalue weighted by Crippen LogP contribution is 2.45. The summed E-state index contributed by atoms with van der Waals surface area (Å²) in [6, 6.07) is 0. The largest absolute Gasteiger partial charge is 0.472 e. The molecule has 0 bridgehead atoms. The minimum absolute atomic E-state index is 0.0881. The molecule has 19 heteroatoms. The van der Waals surface area contributed by atoms with E-state index in [1.165, 1.54) is 167 Å². The highest BCUT2D eigenvalue weighted by Gasteiger charge is 2.30. The van der Waals surface area contributed by atoms with E-state index in [0.29, 0.717) is 25.7 Å². The van der Waals surface area contributed by atoms with Crippen LogP contribution in [-0.4, -0.2) is 96.7 Å². The van der Waals surface area contributed by atoms with Gasteiger partial charge in [-0.15, -0.1) is 0 Å². The van der Waals surface area contributed by atoms with E-state index in [2.05, 4.69) is 64.2 Å². The number of aliphatic hydroxyl groups is 1. The number of hydrogen-bond donors (Lipinski definition) is 3. The van der Waals surface area contributed by atoms with Gasteiger partial charge in [0.25, 0.3) is 0 Å². The normalized spacial score (nSPS) is 14.1. The van der Waals surface area contributed by atoms with Crippen molar-refractivity contribution in [3.8, 4) is 0 Å². The summed E-state index contributed by atoms with van der Waals surface area (Å²) in [5.41, 5.74) is 0. The van der Waals surface area contributed by atoms with Crippen molar-refractivity contribution >= 4 is 39.5 Å². The van der Waals surface area contributed by atoms with Crippen molar-refractivity contribution < 1.29 is 80.2 Å². The average Bonchev–Trinajstić information content (AvgIpc) is 1.36. The van der Waals surface area contributed by atoms with Crippen LogP contribution in [-0.2, 0) is 65.4 Å². The Morgan fingerprint density at radius 1 is 0.292 bits per heavy atom. The second kappa shape index (κ2) is 70.7. The number of hydrogen-bond acceptors (Lipinski definition) is 15. The Morgan fingerprint density at radius 3 is 0.802 bits per heavy atom. The monoisotopic (exact) mass is 1400 g/mol. The third-order valence-corrected chi connectivity index (χ3v) is 19.0. The molecule has 0 saturated heterocycles. The number of unbranched alkanes of at least 4 members (excludes halogenated alkanes) is 43. The summed E-state index contributed by atoms with van der Waals surface area (Å²) < 4.78 is 68.5. The zero-order valence-corrected chi connectivity index (χ0v) is 63.4. The number of allylic oxidation sites excluding steroid dienone is 6. The lowest BCUT2D eigenvalue weighted by Crippen LogP contribution is -2.30. The van der Waals surface area contributed by atoms with Crippen molar-refractivity contribution in [1.29, 1.82) is 0 Å². The molecule has 5 atom stereocenters. The van der Waals surface area contributed by atoms with Gasteiger partial charge in [0.15, 0.2) is 12.2 Å². The molecule has 0 aliphatic rings. The van der Waals surface area contributed by atoms with Gasteiger partial charge in [0, 0.05) is 25.7 Å². The molecule has 0 aromatic carbocycles. The predicted octanol–water partition coefficient (Wildman–Crippen LogP) is 22.3. The summed E-state index contributed by atoms with van der Waals surface area (Å²) in [4.78, 5) is 72.8. The molecule has 0 fully saturated rings. The molecule has 0 aromatic rings. The van der Waals surface area contributed by atoms with Gasteiger partial charge in [0.05, 0.1) is 26.4 Å². The van der Waals surface area contributed by atoms with Gasteiger partial charge in [-0.1, -0.05) is 302 Å². The molecule has 0 saturated carbocycles. The number of esters is 4. The number of carbonyl (C=O) groups excluding carboxylic acids is 4. The molecular formula is C77H144O17P2. The van der Waals surface area contributed by atoms with Crippen LogP contribution in [0.2, 0.25) is 0 Å². The van der Waals surface area contributed by atoms with Crippen molar-refractivity contribution in [2.45, 2.75) is 393 Å². The second-order valence-electron chi connectivity index (χ2n) is 26.7. The van der Waals surface area contributed by atoms with Crippen molar-refractivity contribution in [2.24, 2.45) is 0 Å². The van der Waals surface area contributed by atoms with Crippen molar-refractivity contribution in [1.82, 2.24) is 0 Å². The number of aliphatic hydroxyl groups excluding tert-OH is 1. The van der Waals surface area contributed by atoms with E-state index in [9.17, 15) is 43.2 Å². The Labute approximate surface area is 585 Å². The first-order valence-corrected chi connectivity index (χ1v) is 42.2. The van der Waals surface area contributed by atoms with Crippen molar-refractivity contribution in [3.05, 3.63) is 36.5 Å². The Kier molecular flexibility index (Phi) is 68.7. The summed E-state index contributed by atoms with van der Waals surface area (Å²) in [6.07, 6.45) is 65.5. The van der Waals surface area contributed by atoms with Crippen LogP contribution in [0.1, 0.15) is 374 Å². The first-order valence-electron chi connectivity index (χ1n) is 39.2. The maximum atomic E-state index is 13.1. The zero-order valence-electron chi connectivity index (χ0n) is 61.6. The molecule has 0 aliphatic heterocycles. The molecule has 0 aromatic heterocycles. The molecule has 0 amide bonds. The number of phosphoric acid groups is 2. The Morgan fingerprint density at radius 2 is 0.510 bits per heavy atom. The molecule has 564 valence electrons. The van der Waals surface area contributed by atoms with Crippen LogP contribution in [0, 0.1) is 0 Å². The maximum Gasteiger partial charge on any atom is 0.472 e. The Bertz CT molecular complexity index is 1970. The quantitative estimate of drug-likeness (QED) is 0.0169. The van der Waals surface area contributed by atoms with Gasteiger partial charge >= 0.3 is 39.5 Å². The maximum absolute atomic E-state index is 13.1. The van der Waals surface area contributed by atoms with E-state index in [1.54, 1.807) is 0 Å². The van der Waals surface area contributed by atoms with Gasteiger partial charge in [0.1, 0.15) is 19.3 Å². The molecular weight excluding hydrogens is 1260 g/mol. The van der Waals surface area contributed by atoms with Crippen LogP contribution < -0.4 is 0 Å². The number of carbonyl (C=O) groups is 4. The van der Waals surface area contributed by atoms with Crippen LogP contribution in [0.5, 0.6) is 0 Å². The Balaban J connectivity index is 5.31. The molecule has 0 rings (SSSR count). The van der Waals surface area contributed by atoms with Crippen LogP contribution in [0.15, 0.2) is 36.5 Å². The fourth-order valence-corrected chi connectivity index (χ4v) is 12.7. The molecule has 0 aliphatic carbocycles. The van der Waals surface area contributed by atoms with Gasteiger partial charge in [-0.3, -0.25) is 37.3 Å². The minimum Gasteiger partial charge on any atom is -0.462 e.